The lowest BCUT2D eigenvalue weighted by atomic mass is 10.1. The quantitative estimate of drug-likeness (QED) is 0.828. The lowest BCUT2D eigenvalue weighted by molar-refractivity contribution is -0.124. The molecular formula is C19H21NO4. The first-order valence-corrected chi connectivity index (χ1v) is 7.67. The van der Waals surface area contributed by atoms with Crippen molar-refractivity contribution in [2.75, 3.05) is 13.7 Å². The van der Waals surface area contributed by atoms with Crippen molar-refractivity contribution in [1.82, 2.24) is 5.32 Å². The summed E-state index contributed by atoms with van der Waals surface area (Å²) in [5.41, 5.74) is 2.19. The molecule has 2 rings (SSSR count). The van der Waals surface area contributed by atoms with Crippen LogP contribution in [-0.2, 0) is 9.53 Å². The molecule has 1 N–H and O–H groups in total. The zero-order valence-electron chi connectivity index (χ0n) is 14.0. The molecule has 0 heterocycles. The molecule has 0 aliphatic carbocycles. The Morgan fingerprint density at radius 2 is 1.88 bits per heavy atom. The number of benzene rings is 2. The summed E-state index contributed by atoms with van der Waals surface area (Å²) in [4.78, 5) is 24.0. The molecule has 1 unspecified atom stereocenters. The van der Waals surface area contributed by atoms with Gasteiger partial charge in [-0.25, -0.2) is 4.79 Å². The maximum Gasteiger partial charge on any atom is 0.338 e. The molecule has 1 amide bonds. The molecule has 24 heavy (non-hydrogen) atoms. The first kappa shape index (κ1) is 17.5. The van der Waals surface area contributed by atoms with E-state index in [9.17, 15) is 9.59 Å². The van der Waals surface area contributed by atoms with Gasteiger partial charge in [0, 0.05) is 0 Å². The topological polar surface area (TPSA) is 64.6 Å². The van der Waals surface area contributed by atoms with E-state index in [1.807, 2.05) is 50.2 Å². The summed E-state index contributed by atoms with van der Waals surface area (Å²) < 4.78 is 10.2. The minimum Gasteiger partial charge on any atom is -0.497 e. The van der Waals surface area contributed by atoms with Gasteiger partial charge in [0.05, 0.1) is 18.7 Å². The van der Waals surface area contributed by atoms with Crippen molar-refractivity contribution in [2.24, 2.45) is 0 Å². The number of carbonyl (C=O) groups excluding carboxylic acids is 2. The minimum absolute atomic E-state index is 0.218. The van der Waals surface area contributed by atoms with Gasteiger partial charge in [-0.3, -0.25) is 4.79 Å². The Hall–Kier alpha value is -2.82. The number of hydrogen-bond acceptors (Lipinski definition) is 4. The first-order valence-electron chi connectivity index (χ1n) is 7.67. The van der Waals surface area contributed by atoms with E-state index in [1.54, 1.807) is 19.2 Å². The Balaban J connectivity index is 1.89. The lowest BCUT2D eigenvalue weighted by Gasteiger charge is -2.15. The average Bonchev–Trinajstić information content (AvgIpc) is 2.60. The third-order valence-electron chi connectivity index (χ3n) is 3.67. The molecular weight excluding hydrogens is 306 g/mol. The highest BCUT2D eigenvalue weighted by molar-refractivity contribution is 5.92. The van der Waals surface area contributed by atoms with Crippen LogP contribution in [0.3, 0.4) is 0 Å². The van der Waals surface area contributed by atoms with Gasteiger partial charge in [-0.2, -0.15) is 0 Å². The molecule has 5 nitrogen and oxygen atoms in total. The van der Waals surface area contributed by atoms with Gasteiger partial charge < -0.3 is 14.8 Å². The Kier molecular flexibility index (Phi) is 5.95. The summed E-state index contributed by atoms with van der Waals surface area (Å²) in [6.45, 7) is 3.36. The molecule has 0 fully saturated rings. The van der Waals surface area contributed by atoms with E-state index in [2.05, 4.69) is 5.32 Å². The minimum atomic E-state index is -0.503. The normalized spacial score (nSPS) is 11.5. The van der Waals surface area contributed by atoms with Crippen LogP contribution >= 0.6 is 0 Å². The maximum absolute atomic E-state index is 12.0. The van der Waals surface area contributed by atoms with E-state index in [0.29, 0.717) is 5.56 Å². The highest BCUT2D eigenvalue weighted by atomic mass is 16.5. The second-order valence-corrected chi connectivity index (χ2v) is 5.46. The van der Waals surface area contributed by atoms with Crippen molar-refractivity contribution in [3.8, 4) is 5.75 Å². The second-order valence-electron chi connectivity index (χ2n) is 5.46. The van der Waals surface area contributed by atoms with Gasteiger partial charge in [0.15, 0.2) is 6.61 Å². The molecule has 1 atom stereocenters. The molecule has 0 bridgehead atoms. The Bertz CT molecular complexity index is 727. The Labute approximate surface area is 141 Å². The molecule has 0 saturated carbocycles. The zero-order valence-corrected chi connectivity index (χ0v) is 14.0. The van der Waals surface area contributed by atoms with E-state index in [0.717, 1.165) is 16.9 Å². The lowest BCUT2D eigenvalue weighted by Crippen LogP contribution is -2.31. The van der Waals surface area contributed by atoms with Crippen LogP contribution in [0.15, 0.2) is 48.5 Å². The molecule has 0 aromatic heterocycles. The second kappa shape index (κ2) is 8.15. The summed E-state index contributed by atoms with van der Waals surface area (Å²) in [5, 5.41) is 2.80. The maximum atomic E-state index is 12.0. The van der Waals surface area contributed by atoms with Crippen molar-refractivity contribution >= 4 is 11.9 Å². The predicted molar refractivity (Wildman–Crippen MR) is 91.0 cm³/mol. The van der Waals surface area contributed by atoms with Gasteiger partial charge in [0.25, 0.3) is 5.91 Å². The van der Waals surface area contributed by atoms with E-state index in [-0.39, 0.29) is 18.6 Å². The number of amides is 1. The number of aryl methyl sites for hydroxylation is 1. The van der Waals surface area contributed by atoms with Gasteiger partial charge in [-0.15, -0.1) is 0 Å². The molecule has 0 radical (unpaired) electrons. The number of ether oxygens (including phenoxy) is 2. The number of esters is 1. The number of hydrogen-bond donors (Lipinski definition) is 1. The predicted octanol–water partition coefficient (Wildman–Crippen LogP) is 3.04. The monoisotopic (exact) mass is 327 g/mol. The number of nitrogens with one attached hydrogen (secondary N) is 1. The molecule has 5 heteroatoms. The number of rotatable bonds is 6. The van der Waals surface area contributed by atoms with Crippen LogP contribution in [-0.4, -0.2) is 25.6 Å². The van der Waals surface area contributed by atoms with Crippen LogP contribution in [0.1, 0.15) is 34.5 Å². The zero-order chi connectivity index (χ0) is 17.5. The molecule has 0 saturated heterocycles. The van der Waals surface area contributed by atoms with Crippen molar-refractivity contribution in [2.45, 2.75) is 19.9 Å². The molecule has 0 aliphatic heterocycles. The summed E-state index contributed by atoms with van der Waals surface area (Å²) >= 11 is 0. The van der Waals surface area contributed by atoms with Gasteiger partial charge in [0.1, 0.15) is 5.75 Å². The summed E-state index contributed by atoms with van der Waals surface area (Å²) in [6, 6.07) is 14.3. The highest BCUT2D eigenvalue weighted by Gasteiger charge is 2.14. The SMILES string of the molecule is COc1cccc(C(C)NC(=O)COC(=O)c2ccccc2C)c1. The highest BCUT2D eigenvalue weighted by Crippen LogP contribution is 2.18. The van der Waals surface area contributed by atoms with Crippen LogP contribution in [0, 0.1) is 6.92 Å². The Morgan fingerprint density at radius 3 is 2.58 bits per heavy atom. The third kappa shape index (κ3) is 4.59. The summed E-state index contributed by atoms with van der Waals surface area (Å²) in [7, 11) is 1.59. The van der Waals surface area contributed by atoms with E-state index in [4.69, 9.17) is 9.47 Å². The van der Waals surface area contributed by atoms with Crippen LogP contribution < -0.4 is 10.1 Å². The van der Waals surface area contributed by atoms with Gasteiger partial charge in [-0.1, -0.05) is 30.3 Å². The van der Waals surface area contributed by atoms with Gasteiger partial charge in [-0.05, 0) is 43.2 Å². The molecule has 2 aromatic rings. The number of methoxy groups -OCH3 is 1. The standard InChI is InChI=1S/C19H21NO4/c1-13-7-4-5-10-17(13)19(22)24-12-18(21)20-14(2)15-8-6-9-16(11-15)23-3/h4-11,14H,12H2,1-3H3,(H,20,21). The van der Waals surface area contributed by atoms with Crippen molar-refractivity contribution < 1.29 is 19.1 Å². The third-order valence-corrected chi connectivity index (χ3v) is 3.67. The molecule has 0 aliphatic rings. The van der Waals surface area contributed by atoms with Gasteiger partial charge in [0.2, 0.25) is 0 Å². The largest absolute Gasteiger partial charge is 0.497 e. The van der Waals surface area contributed by atoms with E-state index < -0.39 is 5.97 Å². The smallest absolute Gasteiger partial charge is 0.338 e. The van der Waals surface area contributed by atoms with Crippen LogP contribution in [0.4, 0.5) is 0 Å². The van der Waals surface area contributed by atoms with Crippen molar-refractivity contribution in [3.63, 3.8) is 0 Å². The average molecular weight is 327 g/mol. The fourth-order valence-corrected chi connectivity index (χ4v) is 2.29. The van der Waals surface area contributed by atoms with Crippen LogP contribution in [0.2, 0.25) is 0 Å². The molecule has 2 aromatic carbocycles. The van der Waals surface area contributed by atoms with Gasteiger partial charge >= 0.3 is 5.97 Å². The molecule has 126 valence electrons. The Morgan fingerprint density at radius 1 is 1.12 bits per heavy atom. The van der Waals surface area contributed by atoms with E-state index in [1.165, 1.54) is 0 Å². The van der Waals surface area contributed by atoms with Crippen molar-refractivity contribution in [3.05, 3.63) is 65.2 Å². The molecule has 0 spiro atoms. The van der Waals surface area contributed by atoms with Crippen LogP contribution in [0.5, 0.6) is 5.75 Å². The van der Waals surface area contributed by atoms with Crippen molar-refractivity contribution in [1.29, 1.82) is 0 Å². The fraction of sp³-hybridized carbons (Fsp3) is 0.263. The first-order chi connectivity index (χ1) is 11.5. The summed E-state index contributed by atoms with van der Waals surface area (Å²) in [6.07, 6.45) is 0. The van der Waals surface area contributed by atoms with E-state index >= 15 is 0 Å². The van der Waals surface area contributed by atoms with Crippen LogP contribution in [0.25, 0.3) is 0 Å². The number of carbonyl (C=O) groups is 2. The summed E-state index contributed by atoms with van der Waals surface area (Å²) in [5.74, 6) is -0.135. The fourth-order valence-electron chi connectivity index (χ4n) is 2.29.